The van der Waals surface area contributed by atoms with Crippen molar-refractivity contribution in [3.05, 3.63) is 224 Å². The molecular weight excluding hydrogens is 767 g/mol. The maximum Gasteiger partial charge on any atom is 0.166 e. The maximum absolute atomic E-state index is 5.36. The highest BCUT2D eigenvalue weighted by atomic mass is 15.1. The van der Waals surface area contributed by atoms with Crippen LogP contribution in [0.3, 0.4) is 0 Å². The Labute approximate surface area is 364 Å². The number of aryl methyl sites for hydroxylation is 1. The topological polar surface area (TPSA) is 48.5 Å². The van der Waals surface area contributed by atoms with Gasteiger partial charge in [0.1, 0.15) is 0 Å². The Kier molecular flexibility index (Phi) is 8.64. The Morgan fingerprint density at radius 3 is 1.54 bits per heavy atom. The van der Waals surface area contributed by atoms with Crippen LogP contribution < -0.4 is 0 Å². The molecule has 0 saturated carbocycles. The third-order valence-electron chi connectivity index (χ3n) is 12.2. The second-order valence-electron chi connectivity index (χ2n) is 16.1. The summed E-state index contributed by atoms with van der Waals surface area (Å²) >= 11 is 0. The average molecular weight is 806 g/mol. The minimum Gasteiger partial charge on any atom is -0.309 e. The van der Waals surface area contributed by atoms with Crippen molar-refractivity contribution in [2.45, 2.75) is 6.92 Å². The molecular formula is C58H39N5. The number of benzene rings is 9. The van der Waals surface area contributed by atoms with Gasteiger partial charge in [-0.05, 0) is 66.1 Å². The van der Waals surface area contributed by atoms with Gasteiger partial charge in [0, 0.05) is 49.5 Å². The lowest BCUT2D eigenvalue weighted by molar-refractivity contribution is 1.06. The van der Waals surface area contributed by atoms with Crippen molar-refractivity contribution in [2.75, 3.05) is 0 Å². The maximum atomic E-state index is 5.36. The third-order valence-corrected chi connectivity index (χ3v) is 12.2. The number of hydrogen-bond donors (Lipinski definition) is 0. The standard InChI is InChI=1S/C58H39N5/c1-38-17-15-22-41(35-38)42-31-33-48-46-25-11-14-30-52(46)63(54(48)37-42)53-34-32-43(45-27-16-28-49-47-26-12-13-29-51(47)62(55(45)49)44-23-9-4-10-24-44)36-50(53)58-60-56(39-18-5-2-6-19-39)59-57(61-58)40-20-7-3-8-21-40/h2-37H,1H3. The number of para-hydroxylation sites is 4. The first-order chi connectivity index (χ1) is 31.2. The van der Waals surface area contributed by atoms with Crippen LogP contribution in [0.1, 0.15) is 5.56 Å². The molecule has 0 spiro atoms. The minimum absolute atomic E-state index is 0.594. The molecule has 0 fully saturated rings. The van der Waals surface area contributed by atoms with Crippen LogP contribution in [0.2, 0.25) is 0 Å². The number of hydrogen-bond acceptors (Lipinski definition) is 3. The molecule has 0 radical (unpaired) electrons. The molecule has 0 bridgehead atoms. The van der Waals surface area contributed by atoms with Crippen molar-refractivity contribution >= 4 is 43.6 Å². The van der Waals surface area contributed by atoms with Gasteiger partial charge >= 0.3 is 0 Å². The molecule has 9 aromatic carbocycles. The fourth-order valence-corrected chi connectivity index (χ4v) is 9.34. The zero-order valence-electron chi connectivity index (χ0n) is 34.5. The second-order valence-corrected chi connectivity index (χ2v) is 16.1. The van der Waals surface area contributed by atoms with Crippen LogP contribution in [0, 0.1) is 6.92 Å². The summed E-state index contributed by atoms with van der Waals surface area (Å²) in [6.45, 7) is 2.15. The zero-order chi connectivity index (χ0) is 41.9. The van der Waals surface area contributed by atoms with Crippen molar-refractivity contribution in [3.63, 3.8) is 0 Å². The lowest BCUT2D eigenvalue weighted by atomic mass is 9.98. The van der Waals surface area contributed by atoms with Crippen LogP contribution in [-0.4, -0.2) is 24.1 Å². The number of nitrogens with zero attached hydrogens (tertiary/aromatic N) is 5. The zero-order valence-corrected chi connectivity index (χ0v) is 34.5. The summed E-state index contributed by atoms with van der Waals surface area (Å²) < 4.78 is 4.80. The van der Waals surface area contributed by atoms with E-state index in [0.29, 0.717) is 17.5 Å². The van der Waals surface area contributed by atoms with Gasteiger partial charge < -0.3 is 9.13 Å². The summed E-state index contributed by atoms with van der Waals surface area (Å²) in [4.78, 5) is 15.8. The monoisotopic (exact) mass is 805 g/mol. The molecule has 3 heterocycles. The third kappa shape index (κ3) is 6.21. The van der Waals surface area contributed by atoms with E-state index in [-0.39, 0.29) is 0 Å². The molecule has 5 nitrogen and oxygen atoms in total. The minimum atomic E-state index is 0.594. The normalized spacial score (nSPS) is 11.6. The number of aromatic nitrogens is 5. The van der Waals surface area contributed by atoms with Gasteiger partial charge in [0.25, 0.3) is 0 Å². The first kappa shape index (κ1) is 36.4. The summed E-state index contributed by atoms with van der Waals surface area (Å²) in [7, 11) is 0. The summed E-state index contributed by atoms with van der Waals surface area (Å²) in [5.74, 6) is 1.83. The van der Waals surface area contributed by atoms with Gasteiger partial charge in [0.15, 0.2) is 17.5 Å². The number of fused-ring (bicyclic) bond motifs is 6. The lowest BCUT2D eigenvalue weighted by Crippen LogP contribution is -2.04. The van der Waals surface area contributed by atoms with Crippen LogP contribution in [-0.2, 0) is 0 Å². The molecule has 0 amide bonds. The first-order valence-electron chi connectivity index (χ1n) is 21.4. The molecule has 3 aromatic heterocycles. The molecule has 0 saturated heterocycles. The Morgan fingerprint density at radius 2 is 0.841 bits per heavy atom. The molecule has 0 aliphatic rings. The largest absolute Gasteiger partial charge is 0.309 e. The predicted octanol–water partition coefficient (Wildman–Crippen LogP) is 14.7. The van der Waals surface area contributed by atoms with Gasteiger partial charge in [-0.25, -0.2) is 15.0 Å². The van der Waals surface area contributed by atoms with Crippen LogP contribution in [0.25, 0.3) is 111 Å². The quantitative estimate of drug-likeness (QED) is 0.161. The fourth-order valence-electron chi connectivity index (χ4n) is 9.34. The summed E-state index contributed by atoms with van der Waals surface area (Å²) in [6.07, 6.45) is 0. The van der Waals surface area contributed by atoms with Gasteiger partial charge in [0.05, 0.1) is 27.8 Å². The van der Waals surface area contributed by atoms with Crippen LogP contribution in [0.15, 0.2) is 218 Å². The Morgan fingerprint density at radius 1 is 0.317 bits per heavy atom. The Hall–Kier alpha value is -8.41. The molecule has 12 rings (SSSR count). The fraction of sp³-hybridized carbons (Fsp3) is 0.0172. The average Bonchev–Trinajstić information content (AvgIpc) is 3.87. The molecule has 63 heavy (non-hydrogen) atoms. The van der Waals surface area contributed by atoms with E-state index in [4.69, 9.17) is 15.0 Å². The summed E-state index contributed by atoms with van der Waals surface area (Å²) in [5, 5.41) is 4.77. The van der Waals surface area contributed by atoms with E-state index in [0.717, 1.165) is 66.8 Å². The van der Waals surface area contributed by atoms with Gasteiger partial charge in [0.2, 0.25) is 0 Å². The van der Waals surface area contributed by atoms with Gasteiger partial charge in [-0.15, -0.1) is 0 Å². The van der Waals surface area contributed by atoms with Gasteiger partial charge in [-0.1, -0.05) is 181 Å². The molecule has 0 atom stereocenters. The van der Waals surface area contributed by atoms with Crippen LogP contribution >= 0.6 is 0 Å². The molecule has 12 aromatic rings. The first-order valence-corrected chi connectivity index (χ1v) is 21.4. The number of rotatable bonds is 7. The molecule has 0 aliphatic heterocycles. The van der Waals surface area contributed by atoms with Crippen LogP contribution in [0.4, 0.5) is 0 Å². The second kappa shape index (κ2) is 14.9. The van der Waals surface area contributed by atoms with E-state index in [1.54, 1.807) is 0 Å². The molecule has 0 aliphatic carbocycles. The van der Waals surface area contributed by atoms with E-state index in [9.17, 15) is 0 Å². The SMILES string of the molecule is Cc1cccc(-c2ccc3c4ccccc4n(-c4ccc(-c5cccc6c7ccccc7n(-c7ccccc7)c56)cc4-c4nc(-c5ccccc5)nc(-c5ccccc5)n4)c3c2)c1. The van der Waals surface area contributed by atoms with Crippen molar-refractivity contribution < 1.29 is 0 Å². The predicted molar refractivity (Wildman–Crippen MR) is 260 cm³/mol. The molecule has 0 N–H and O–H groups in total. The van der Waals surface area contributed by atoms with Gasteiger partial charge in [-0.2, -0.15) is 0 Å². The highest BCUT2D eigenvalue weighted by Crippen LogP contribution is 2.42. The highest BCUT2D eigenvalue weighted by Gasteiger charge is 2.23. The Balaban J connectivity index is 1.18. The highest BCUT2D eigenvalue weighted by molar-refractivity contribution is 6.14. The van der Waals surface area contributed by atoms with Crippen molar-refractivity contribution in [1.29, 1.82) is 0 Å². The molecule has 5 heteroatoms. The van der Waals surface area contributed by atoms with Crippen LogP contribution in [0.5, 0.6) is 0 Å². The van der Waals surface area contributed by atoms with Crippen molar-refractivity contribution in [2.24, 2.45) is 0 Å². The van der Waals surface area contributed by atoms with E-state index in [2.05, 4.69) is 198 Å². The lowest BCUT2D eigenvalue weighted by Gasteiger charge is -2.17. The van der Waals surface area contributed by atoms with Gasteiger partial charge in [-0.3, -0.25) is 0 Å². The molecule has 296 valence electrons. The summed E-state index contributed by atoms with van der Waals surface area (Å²) in [6, 6.07) is 77.5. The molecule has 0 unspecified atom stereocenters. The van der Waals surface area contributed by atoms with E-state index < -0.39 is 0 Å². The van der Waals surface area contributed by atoms with E-state index in [1.165, 1.54) is 32.7 Å². The Bertz CT molecular complexity index is 3620. The van der Waals surface area contributed by atoms with Crippen molar-refractivity contribution in [1.82, 2.24) is 24.1 Å². The van der Waals surface area contributed by atoms with E-state index in [1.807, 2.05) is 36.4 Å². The smallest absolute Gasteiger partial charge is 0.166 e. The van der Waals surface area contributed by atoms with E-state index >= 15 is 0 Å². The van der Waals surface area contributed by atoms with Crippen molar-refractivity contribution in [3.8, 4) is 67.8 Å². The summed E-state index contributed by atoms with van der Waals surface area (Å²) in [5.41, 5.74) is 15.1.